The van der Waals surface area contributed by atoms with Crippen molar-refractivity contribution < 1.29 is 9.53 Å². The molecule has 0 amide bonds. The molecule has 0 heterocycles. The molecule has 12 heavy (non-hydrogen) atoms. The number of rotatable bonds is 5. The molecule has 72 valence electrons. The first-order valence-corrected chi connectivity index (χ1v) is 4.55. The first-order chi connectivity index (χ1) is 5.65. The summed E-state index contributed by atoms with van der Waals surface area (Å²) in [6, 6.07) is 0. The lowest BCUT2D eigenvalue weighted by molar-refractivity contribution is -0.150. The van der Waals surface area contributed by atoms with E-state index >= 15 is 0 Å². The summed E-state index contributed by atoms with van der Waals surface area (Å²) in [5.74, 6) is 0.118. The fourth-order valence-electron chi connectivity index (χ4n) is 1.08. The third-order valence-electron chi connectivity index (χ3n) is 2.13. The minimum Gasteiger partial charge on any atom is -0.461 e. The van der Waals surface area contributed by atoms with Crippen LogP contribution in [0.2, 0.25) is 0 Å². The summed E-state index contributed by atoms with van der Waals surface area (Å²) in [6.45, 7) is 6.16. The molecule has 3 heteroatoms. The maximum absolute atomic E-state index is 10.9. The molecule has 0 saturated carbocycles. The van der Waals surface area contributed by atoms with Crippen LogP contribution in [0.1, 0.15) is 33.6 Å². The Morgan fingerprint density at radius 1 is 1.42 bits per heavy atom. The van der Waals surface area contributed by atoms with Gasteiger partial charge in [0.25, 0.3) is 0 Å². The number of esters is 1. The van der Waals surface area contributed by atoms with Crippen molar-refractivity contribution in [2.45, 2.75) is 39.7 Å². The van der Waals surface area contributed by atoms with E-state index in [1.165, 1.54) is 0 Å². The largest absolute Gasteiger partial charge is 0.461 e. The zero-order chi connectivity index (χ0) is 9.56. The van der Waals surface area contributed by atoms with Crippen LogP contribution in [0.3, 0.4) is 0 Å². The van der Waals surface area contributed by atoms with Crippen LogP contribution in [0.5, 0.6) is 0 Å². The van der Waals surface area contributed by atoms with Crippen LogP contribution >= 0.6 is 0 Å². The standard InChI is InChI=1S/C9H19NO2/c1-4-7(3)8(5-2)12-9(11)6-10/h7-8H,4-6,10H2,1-3H3. The molecule has 0 aliphatic heterocycles. The Bertz CT molecular complexity index is 136. The number of carbonyl (C=O) groups excluding carboxylic acids is 1. The van der Waals surface area contributed by atoms with Crippen molar-refractivity contribution in [2.75, 3.05) is 6.54 Å². The Labute approximate surface area is 74.3 Å². The summed E-state index contributed by atoms with van der Waals surface area (Å²) in [5.41, 5.74) is 5.14. The zero-order valence-corrected chi connectivity index (χ0v) is 8.17. The van der Waals surface area contributed by atoms with Crippen molar-refractivity contribution in [2.24, 2.45) is 11.7 Å². The number of hydrogen-bond donors (Lipinski definition) is 1. The molecule has 0 aromatic heterocycles. The highest BCUT2D eigenvalue weighted by Crippen LogP contribution is 2.14. The minimum absolute atomic E-state index is 0.0209. The van der Waals surface area contributed by atoms with Gasteiger partial charge in [-0.05, 0) is 12.3 Å². The molecule has 2 unspecified atom stereocenters. The van der Waals surface area contributed by atoms with Crippen LogP contribution in [-0.2, 0) is 9.53 Å². The van der Waals surface area contributed by atoms with E-state index in [2.05, 4.69) is 13.8 Å². The second-order valence-electron chi connectivity index (χ2n) is 3.03. The average Bonchev–Trinajstić information content (AvgIpc) is 2.12. The maximum Gasteiger partial charge on any atom is 0.319 e. The fourth-order valence-corrected chi connectivity index (χ4v) is 1.08. The van der Waals surface area contributed by atoms with Gasteiger partial charge < -0.3 is 10.5 Å². The van der Waals surface area contributed by atoms with Gasteiger partial charge in [0.2, 0.25) is 0 Å². The molecule has 0 aliphatic carbocycles. The van der Waals surface area contributed by atoms with Crippen LogP contribution in [0, 0.1) is 5.92 Å². The van der Waals surface area contributed by atoms with Crippen molar-refractivity contribution in [3.05, 3.63) is 0 Å². The normalized spacial score (nSPS) is 15.3. The van der Waals surface area contributed by atoms with Gasteiger partial charge in [0.05, 0.1) is 6.54 Å². The Morgan fingerprint density at radius 3 is 2.33 bits per heavy atom. The highest BCUT2D eigenvalue weighted by Gasteiger charge is 2.17. The predicted molar refractivity (Wildman–Crippen MR) is 48.7 cm³/mol. The van der Waals surface area contributed by atoms with E-state index in [1.54, 1.807) is 0 Å². The van der Waals surface area contributed by atoms with E-state index in [1.807, 2.05) is 6.92 Å². The highest BCUT2D eigenvalue weighted by atomic mass is 16.5. The summed E-state index contributed by atoms with van der Waals surface area (Å²) in [6.07, 6.45) is 1.92. The van der Waals surface area contributed by atoms with Crippen LogP contribution in [0.15, 0.2) is 0 Å². The lowest BCUT2D eigenvalue weighted by Gasteiger charge is -2.21. The monoisotopic (exact) mass is 173 g/mol. The lowest BCUT2D eigenvalue weighted by Crippen LogP contribution is -2.28. The first-order valence-electron chi connectivity index (χ1n) is 4.55. The number of ether oxygens (including phenoxy) is 1. The van der Waals surface area contributed by atoms with Crippen molar-refractivity contribution in [3.63, 3.8) is 0 Å². The molecule has 3 nitrogen and oxygen atoms in total. The van der Waals surface area contributed by atoms with Gasteiger partial charge >= 0.3 is 5.97 Å². The Morgan fingerprint density at radius 2 is 2.00 bits per heavy atom. The van der Waals surface area contributed by atoms with Gasteiger partial charge in [0, 0.05) is 0 Å². The first kappa shape index (κ1) is 11.4. The number of hydrogen-bond acceptors (Lipinski definition) is 3. The molecule has 0 saturated heterocycles. The SMILES string of the molecule is CCC(C)C(CC)OC(=O)CN. The Balaban J connectivity index is 3.90. The van der Waals surface area contributed by atoms with E-state index in [0.717, 1.165) is 12.8 Å². The topological polar surface area (TPSA) is 52.3 Å². The number of nitrogens with two attached hydrogens (primary N) is 1. The lowest BCUT2D eigenvalue weighted by atomic mass is 10.00. The van der Waals surface area contributed by atoms with Gasteiger partial charge in [0.1, 0.15) is 6.10 Å². The molecule has 0 aromatic carbocycles. The Kier molecular flexibility index (Phi) is 5.72. The van der Waals surface area contributed by atoms with Crippen molar-refractivity contribution in [1.82, 2.24) is 0 Å². The van der Waals surface area contributed by atoms with E-state index in [-0.39, 0.29) is 18.6 Å². The van der Waals surface area contributed by atoms with E-state index < -0.39 is 0 Å². The van der Waals surface area contributed by atoms with E-state index in [0.29, 0.717) is 5.92 Å². The summed E-state index contributed by atoms with van der Waals surface area (Å²) < 4.78 is 5.14. The molecule has 2 N–H and O–H groups in total. The molecule has 0 rings (SSSR count). The van der Waals surface area contributed by atoms with E-state index in [4.69, 9.17) is 10.5 Å². The van der Waals surface area contributed by atoms with Gasteiger partial charge in [0.15, 0.2) is 0 Å². The summed E-state index contributed by atoms with van der Waals surface area (Å²) in [4.78, 5) is 10.9. The fraction of sp³-hybridized carbons (Fsp3) is 0.889. The molecule has 0 bridgehead atoms. The van der Waals surface area contributed by atoms with Crippen LogP contribution in [0.4, 0.5) is 0 Å². The van der Waals surface area contributed by atoms with Crippen LogP contribution in [-0.4, -0.2) is 18.6 Å². The summed E-state index contributed by atoms with van der Waals surface area (Å²) in [7, 11) is 0. The molecule has 0 fully saturated rings. The third kappa shape index (κ3) is 3.72. The van der Waals surface area contributed by atoms with Crippen molar-refractivity contribution >= 4 is 5.97 Å². The Hall–Kier alpha value is -0.570. The van der Waals surface area contributed by atoms with Gasteiger partial charge in [-0.3, -0.25) is 4.79 Å². The van der Waals surface area contributed by atoms with E-state index in [9.17, 15) is 4.79 Å². The van der Waals surface area contributed by atoms with Gasteiger partial charge in [-0.25, -0.2) is 0 Å². The molecule has 0 spiro atoms. The summed E-state index contributed by atoms with van der Waals surface area (Å²) in [5, 5.41) is 0. The van der Waals surface area contributed by atoms with Crippen LogP contribution in [0.25, 0.3) is 0 Å². The molecular weight excluding hydrogens is 154 g/mol. The predicted octanol–water partition coefficient (Wildman–Crippen LogP) is 1.31. The smallest absolute Gasteiger partial charge is 0.319 e. The number of carbonyl (C=O) groups is 1. The summed E-state index contributed by atoms with van der Waals surface area (Å²) >= 11 is 0. The molecule has 2 atom stereocenters. The minimum atomic E-state index is -0.304. The van der Waals surface area contributed by atoms with Crippen molar-refractivity contribution in [1.29, 1.82) is 0 Å². The molecule has 0 aromatic rings. The highest BCUT2D eigenvalue weighted by molar-refractivity contribution is 5.71. The van der Waals surface area contributed by atoms with Gasteiger partial charge in [-0.2, -0.15) is 0 Å². The van der Waals surface area contributed by atoms with Gasteiger partial charge in [-0.15, -0.1) is 0 Å². The molecule has 0 radical (unpaired) electrons. The van der Waals surface area contributed by atoms with Crippen LogP contribution < -0.4 is 5.73 Å². The molecule has 0 aliphatic rings. The second kappa shape index (κ2) is 6.00. The van der Waals surface area contributed by atoms with Crippen molar-refractivity contribution in [3.8, 4) is 0 Å². The average molecular weight is 173 g/mol. The second-order valence-corrected chi connectivity index (χ2v) is 3.03. The quantitative estimate of drug-likeness (QED) is 0.638. The van der Waals surface area contributed by atoms with Gasteiger partial charge in [-0.1, -0.05) is 27.2 Å². The zero-order valence-electron chi connectivity index (χ0n) is 8.17. The molecular formula is C9H19NO2. The third-order valence-corrected chi connectivity index (χ3v) is 2.13. The maximum atomic E-state index is 10.9.